The zero-order valence-electron chi connectivity index (χ0n) is 10.2. The van der Waals surface area contributed by atoms with Crippen LogP contribution in [0, 0.1) is 11.3 Å². The number of carbonyl (C=O) groups excluding carboxylic acids is 1. The minimum atomic E-state index is -0.411. The summed E-state index contributed by atoms with van der Waals surface area (Å²) >= 11 is 0. The Bertz CT molecular complexity index is 343. The maximum absolute atomic E-state index is 11.1. The summed E-state index contributed by atoms with van der Waals surface area (Å²) in [5, 5.41) is 8.98. The molecule has 0 heterocycles. The number of rotatable bonds is 5. The fourth-order valence-corrected chi connectivity index (χ4v) is 1.70. The number of esters is 1. The van der Waals surface area contributed by atoms with Crippen molar-refractivity contribution in [1.82, 2.24) is 0 Å². The Morgan fingerprint density at radius 1 is 1.59 bits per heavy atom. The van der Waals surface area contributed by atoms with E-state index < -0.39 is 5.97 Å². The minimum absolute atomic E-state index is 0.0691. The molecule has 0 radical (unpaired) electrons. The summed E-state index contributed by atoms with van der Waals surface area (Å²) in [4.78, 5) is 11.1. The van der Waals surface area contributed by atoms with Gasteiger partial charge in [0.25, 0.3) is 0 Å². The van der Waals surface area contributed by atoms with Crippen molar-refractivity contribution in [2.75, 3.05) is 20.3 Å². The van der Waals surface area contributed by atoms with Crippen molar-refractivity contribution in [2.24, 2.45) is 0 Å². The molecule has 1 aliphatic carbocycles. The highest BCUT2D eigenvalue weighted by atomic mass is 16.6. The van der Waals surface area contributed by atoms with Gasteiger partial charge in [0.05, 0.1) is 24.4 Å². The lowest BCUT2D eigenvalue weighted by molar-refractivity contribution is -0.147. The van der Waals surface area contributed by atoms with Crippen LogP contribution in [0.4, 0.5) is 0 Å². The van der Waals surface area contributed by atoms with E-state index in [1.165, 1.54) is 0 Å². The quantitative estimate of drug-likeness (QED) is 0.681. The standard InChI is InChI=1S/C12H17NO4/c1-3-16-12(14)8-17-11-5-4-10(15-2)6-9(11)7-13/h10H,3-6,8H2,1-2H3. The van der Waals surface area contributed by atoms with Gasteiger partial charge in [-0.05, 0) is 13.3 Å². The summed E-state index contributed by atoms with van der Waals surface area (Å²) in [5.41, 5.74) is 0.562. The fraction of sp³-hybridized carbons (Fsp3) is 0.667. The fourth-order valence-electron chi connectivity index (χ4n) is 1.70. The molecule has 0 bridgehead atoms. The molecular weight excluding hydrogens is 222 g/mol. The number of hydrogen-bond acceptors (Lipinski definition) is 5. The molecule has 0 saturated carbocycles. The van der Waals surface area contributed by atoms with Gasteiger partial charge in [0.2, 0.25) is 0 Å². The third-order valence-electron chi connectivity index (χ3n) is 2.60. The Hall–Kier alpha value is -1.54. The molecule has 17 heavy (non-hydrogen) atoms. The average Bonchev–Trinajstić information content (AvgIpc) is 2.36. The van der Waals surface area contributed by atoms with Crippen LogP contribution in [0.25, 0.3) is 0 Å². The summed E-state index contributed by atoms with van der Waals surface area (Å²) in [7, 11) is 1.63. The van der Waals surface area contributed by atoms with Crippen LogP contribution in [0.5, 0.6) is 0 Å². The zero-order valence-corrected chi connectivity index (χ0v) is 10.2. The molecule has 0 aliphatic heterocycles. The first kappa shape index (κ1) is 13.5. The topological polar surface area (TPSA) is 68.5 Å². The van der Waals surface area contributed by atoms with E-state index in [4.69, 9.17) is 19.5 Å². The van der Waals surface area contributed by atoms with E-state index in [-0.39, 0.29) is 12.7 Å². The van der Waals surface area contributed by atoms with Crippen molar-refractivity contribution in [2.45, 2.75) is 32.3 Å². The van der Waals surface area contributed by atoms with Crippen molar-refractivity contribution >= 4 is 5.97 Å². The molecule has 0 saturated heterocycles. The monoisotopic (exact) mass is 239 g/mol. The Kier molecular flexibility index (Phi) is 5.50. The van der Waals surface area contributed by atoms with E-state index in [1.54, 1.807) is 14.0 Å². The van der Waals surface area contributed by atoms with Gasteiger partial charge in [-0.2, -0.15) is 5.26 Å². The van der Waals surface area contributed by atoms with Gasteiger partial charge in [-0.15, -0.1) is 0 Å². The highest BCUT2D eigenvalue weighted by molar-refractivity contribution is 5.70. The van der Waals surface area contributed by atoms with Gasteiger partial charge in [-0.1, -0.05) is 0 Å². The van der Waals surface area contributed by atoms with Gasteiger partial charge >= 0.3 is 5.97 Å². The van der Waals surface area contributed by atoms with Crippen molar-refractivity contribution in [3.05, 3.63) is 11.3 Å². The van der Waals surface area contributed by atoms with E-state index in [0.29, 0.717) is 30.8 Å². The highest BCUT2D eigenvalue weighted by Crippen LogP contribution is 2.26. The lowest BCUT2D eigenvalue weighted by atomic mass is 9.96. The van der Waals surface area contributed by atoms with Crippen LogP contribution in [-0.4, -0.2) is 32.4 Å². The highest BCUT2D eigenvalue weighted by Gasteiger charge is 2.22. The molecule has 1 atom stereocenters. The number of nitriles is 1. The Labute approximate surface area is 101 Å². The Morgan fingerprint density at radius 3 is 2.94 bits per heavy atom. The minimum Gasteiger partial charge on any atom is -0.485 e. The van der Waals surface area contributed by atoms with Crippen molar-refractivity contribution < 1.29 is 19.0 Å². The second-order valence-electron chi connectivity index (χ2n) is 3.71. The van der Waals surface area contributed by atoms with Crippen LogP contribution >= 0.6 is 0 Å². The molecule has 0 amide bonds. The number of hydrogen-bond donors (Lipinski definition) is 0. The molecule has 5 nitrogen and oxygen atoms in total. The molecule has 0 fully saturated rings. The van der Waals surface area contributed by atoms with Crippen molar-refractivity contribution in [3.63, 3.8) is 0 Å². The Morgan fingerprint density at radius 2 is 2.35 bits per heavy atom. The van der Waals surface area contributed by atoms with Gasteiger partial charge < -0.3 is 14.2 Å². The van der Waals surface area contributed by atoms with Crippen LogP contribution in [0.2, 0.25) is 0 Å². The molecule has 0 aromatic rings. The predicted molar refractivity (Wildman–Crippen MR) is 59.9 cm³/mol. The number of allylic oxidation sites excluding steroid dienone is 1. The molecule has 94 valence electrons. The maximum Gasteiger partial charge on any atom is 0.344 e. The summed E-state index contributed by atoms with van der Waals surface area (Å²) < 4.78 is 15.3. The molecule has 5 heteroatoms. The first-order valence-corrected chi connectivity index (χ1v) is 5.64. The van der Waals surface area contributed by atoms with Crippen LogP contribution in [0.1, 0.15) is 26.2 Å². The first-order chi connectivity index (χ1) is 8.21. The smallest absolute Gasteiger partial charge is 0.344 e. The van der Waals surface area contributed by atoms with E-state index in [9.17, 15) is 4.79 Å². The predicted octanol–water partition coefficient (Wildman–Crippen LogP) is 1.54. The Balaban J connectivity index is 2.54. The van der Waals surface area contributed by atoms with Crippen molar-refractivity contribution in [3.8, 4) is 6.07 Å². The van der Waals surface area contributed by atoms with E-state index in [2.05, 4.69) is 6.07 Å². The maximum atomic E-state index is 11.1. The molecule has 0 aromatic heterocycles. The third kappa shape index (κ3) is 4.08. The zero-order chi connectivity index (χ0) is 12.7. The number of carbonyl (C=O) groups is 1. The van der Waals surface area contributed by atoms with Crippen molar-refractivity contribution in [1.29, 1.82) is 5.26 Å². The normalized spacial score (nSPS) is 19.7. The van der Waals surface area contributed by atoms with E-state index >= 15 is 0 Å². The van der Waals surface area contributed by atoms with Gasteiger partial charge in [0.1, 0.15) is 5.76 Å². The molecule has 0 spiro atoms. The second-order valence-corrected chi connectivity index (χ2v) is 3.71. The molecule has 0 aromatic carbocycles. The van der Waals surface area contributed by atoms with E-state index in [0.717, 1.165) is 6.42 Å². The molecule has 1 aliphatic rings. The largest absolute Gasteiger partial charge is 0.485 e. The van der Waals surface area contributed by atoms with Gasteiger partial charge in [0, 0.05) is 20.0 Å². The number of nitrogens with zero attached hydrogens (tertiary/aromatic N) is 1. The number of methoxy groups -OCH3 is 1. The summed E-state index contributed by atoms with van der Waals surface area (Å²) in [6.45, 7) is 1.94. The summed E-state index contributed by atoms with van der Waals surface area (Å²) in [6.07, 6.45) is 2.05. The molecule has 0 N–H and O–H groups in total. The van der Waals surface area contributed by atoms with Gasteiger partial charge in [-0.25, -0.2) is 4.79 Å². The third-order valence-corrected chi connectivity index (χ3v) is 2.60. The lowest BCUT2D eigenvalue weighted by Gasteiger charge is -2.22. The summed E-state index contributed by atoms with van der Waals surface area (Å²) in [5.74, 6) is 0.181. The SMILES string of the molecule is CCOC(=O)COC1=C(C#N)CC(OC)CC1. The molecular formula is C12H17NO4. The first-order valence-electron chi connectivity index (χ1n) is 5.64. The summed E-state index contributed by atoms with van der Waals surface area (Å²) in [6, 6.07) is 2.10. The lowest BCUT2D eigenvalue weighted by Crippen LogP contribution is -2.20. The second kappa shape index (κ2) is 6.92. The van der Waals surface area contributed by atoms with Gasteiger partial charge in [-0.3, -0.25) is 0 Å². The molecule has 1 rings (SSSR count). The number of ether oxygens (including phenoxy) is 3. The van der Waals surface area contributed by atoms with Crippen LogP contribution in [0.3, 0.4) is 0 Å². The average molecular weight is 239 g/mol. The van der Waals surface area contributed by atoms with Gasteiger partial charge in [0.15, 0.2) is 6.61 Å². The van der Waals surface area contributed by atoms with E-state index in [1.807, 2.05) is 0 Å². The van der Waals surface area contributed by atoms with Crippen LogP contribution in [0.15, 0.2) is 11.3 Å². The van der Waals surface area contributed by atoms with Crippen LogP contribution in [-0.2, 0) is 19.0 Å². The van der Waals surface area contributed by atoms with Crippen LogP contribution < -0.4 is 0 Å². The molecule has 1 unspecified atom stereocenters.